The SMILES string of the molecule is Fc1ccc(OCCNCc2ccccc2)c(F)c1. The molecule has 0 spiro atoms. The summed E-state index contributed by atoms with van der Waals surface area (Å²) in [4.78, 5) is 0. The molecule has 4 heteroatoms. The average molecular weight is 263 g/mol. The average Bonchev–Trinajstić information content (AvgIpc) is 2.42. The highest BCUT2D eigenvalue weighted by Gasteiger charge is 2.03. The number of nitrogens with one attached hydrogen (secondary N) is 1. The standard InChI is InChI=1S/C15H15F2NO/c16-13-6-7-15(14(17)10-13)19-9-8-18-11-12-4-2-1-3-5-12/h1-7,10,18H,8-9,11H2. The Morgan fingerprint density at radius 2 is 1.79 bits per heavy atom. The molecule has 0 aliphatic carbocycles. The molecule has 100 valence electrons. The van der Waals surface area contributed by atoms with Gasteiger partial charge in [0, 0.05) is 19.2 Å². The maximum atomic E-state index is 13.2. The molecule has 0 saturated heterocycles. The van der Waals surface area contributed by atoms with E-state index in [0.29, 0.717) is 13.2 Å². The second-order valence-corrected chi connectivity index (χ2v) is 4.09. The molecule has 0 fully saturated rings. The Morgan fingerprint density at radius 1 is 1.00 bits per heavy atom. The summed E-state index contributed by atoms with van der Waals surface area (Å²) in [5.41, 5.74) is 1.18. The van der Waals surface area contributed by atoms with Gasteiger partial charge in [-0.3, -0.25) is 0 Å². The van der Waals surface area contributed by atoms with Crippen LogP contribution in [0.4, 0.5) is 8.78 Å². The van der Waals surface area contributed by atoms with Crippen molar-refractivity contribution in [1.82, 2.24) is 5.32 Å². The molecule has 0 aromatic heterocycles. The van der Waals surface area contributed by atoms with Gasteiger partial charge in [-0.15, -0.1) is 0 Å². The quantitative estimate of drug-likeness (QED) is 0.808. The van der Waals surface area contributed by atoms with Gasteiger partial charge >= 0.3 is 0 Å². The zero-order chi connectivity index (χ0) is 13.5. The van der Waals surface area contributed by atoms with Crippen molar-refractivity contribution in [2.45, 2.75) is 6.54 Å². The van der Waals surface area contributed by atoms with E-state index in [1.807, 2.05) is 30.3 Å². The zero-order valence-electron chi connectivity index (χ0n) is 10.4. The van der Waals surface area contributed by atoms with Gasteiger partial charge in [0.1, 0.15) is 12.4 Å². The number of halogens is 2. The Morgan fingerprint density at radius 3 is 2.53 bits per heavy atom. The van der Waals surface area contributed by atoms with Crippen LogP contribution in [0.15, 0.2) is 48.5 Å². The van der Waals surface area contributed by atoms with Crippen LogP contribution in [0.25, 0.3) is 0 Å². The molecule has 0 aliphatic heterocycles. The van der Waals surface area contributed by atoms with E-state index in [9.17, 15) is 8.78 Å². The monoisotopic (exact) mass is 263 g/mol. The van der Waals surface area contributed by atoms with Crippen LogP contribution >= 0.6 is 0 Å². The smallest absolute Gasteiger partial charge is 0.167 e. The fraction of sp³-hybridized carbons (Fsp3) is 0.200. The molecular formula is C15H15F2NO. The van der Waals surface area contributed by atoms with Crippen molar-refractivity contribution < 1.29 is 13.5 Å². The van der Waals surface area contributed by atoms with Crippen molar-refractivity contribution in [3.8, 4) is 5.75 Å². The number of hydrogen-bond donors (Lipinski definition) is 1. The Bertz CT molecular complexity index is 517. The summed E-state index contributed by atoms with van der Waals surface area (Å²) in [5.74, 6) is -1.21. The summed E-state index contributed by atoms with van der Waals surface area (Å²) in [6.45, 7) is 1.65. The second kappa shape index (κ2) is 6.85. The van der Waals surface area contributed by atoms with Crippen LogP contribution in [0.1, 0.15) is 5.56 Å². The minimum atomic E-state index is -0.678. The summed E-state index contributed by atoms with van der Waals surface area (Å²) in [5, 5.41) is 3.18. The lowest BCUT2D eigenvalue weighted by Gasteiger charge is -2.08. The van der Waals surface area contributed by atoms with Crippen LogP contribution in [-0.2, 0) is 6.54 Å². The molecule has 2 nitrogen and oxygen atoms in total. The van der Waals surface area contributed by atoms with E-state index in [-0.39, 0.29) is 5.75 Å². The Labute approximate surface area is 111 Å². The Kier molecular flexibility index (Phi) is 4.86. The van der Waals surface area contributed by atoms with Crippen molar-refractivity contribution in [2.24, 2.45) is 0 Å². The van der Waals surface area contributed by atoms with Crippen LogP contribution in [0.3, 0.4) is 0 Å². The van der Waals surface area contributed by atoms with Gasteiger partial charge < -0.3 is 10.1 Å². The first-order chi connectivity index (χ1) is 9.25. The fourth-order valence-electron chi connectivity index (χ4n) is 1.65. The summed E-state index contributed by atoms with van der Waals surface area (Å²) >= 11 is 0. The van der Waals surface area contributed by atoms with E-state index in [2.05, 4.69) is 5.32 Å². The molecule has 19 heavy (non-hydrogen) atoms. The number of benzene rings is 2. The van der Waals surface area contributed by atoms with Crippen molar-refractivity contribution >= 4 is 0 Å². The third-order valence-electron chi connectivity index (χ3n) is 2.60. The zero-order valence-corrected chi connectivity index (χ0v) is 10.4. The predicted molar refractivity (Wildman–Crippen MR) is 70.0 cm³/mol. The van der Waals surface area contributed by atoms with E-state index < -0.39 is 11.6 Å². The first-order valence-electron chi connectivity index (χ1n) is 6.08. The first-order valence-corrected chi connectivity index (χ1v) is 6.08. The van der Waals surface area contributed by atoms with E-state index in [4.69, 9.17) is 4.74 Å². The molecule has 0 radical (unpaired) electrons. The molecule has 0 bridgehead atoms. The van der Waals surface area contributed by atoms with E-state index in [1.165, 1.54) is 17.7 Å². The predicted octanol–water partition coefficient (Wildman–Crippen LogP) is 3.13. The second-order valence-electron chi connectivity index (χ2n) is 4.09. The lowest BCUT2D eigenvalue weighted by atomic mass is 10.2. The molecule has 0 saturated carbocycles. The highest BCUT2D eigenvalue weighted by Crippen LogP contribution is 2.17. The normalized spacial score (nSPS) is 10.4. The molecule has 2 aromatic rings. The van der Waals surface area contributed by atoms with Gasteiger partial charge in [-0.05, 0) is 17.7 Å². The highest BCUT2D eigenvalue weighted by atomic mass is 19.1. The van der Waals surface area contributed by atoms with Crippen LogP contribution in [0, 0.1) is 11.6 Å². The molecule has 0 heterocycles. The number of ether oxygens (including phenoxy) is 1. The van der Waals surface area contributed by atoms with Gasteiger partial charge in [-0.2, -0.15) is 0 Å². The van der Waals surface area contributed by atoms with Gasteiger partial charge in [0.25, 0.3) is 0 Å². The van der Waals surface area contributed by atoms with Crippen molar-refractivity contribution in [3.63, 3.8) is 0 Å². The summed E-state index contributed by atoms with van der Waals surface area (Å²) in [7, 11) is 0. The number of rotatable bonds is 6. The van der Waals surface area contributed by atoms with Gasteiger partial charge in [-0.25, -0.2) is 8.78 Å². The molecular weight excluding hydrogens is 248 g/mol. The van der Waals surface area contributed by atoms with Gasteiger partial charge in [0.05, 0.1) is 0 Å². The van der Waals surface area contributed by atoms with E-state index in [1.54, 1.807) is 0 Å². The third-order valence-corrected chi connectivity index (χ3v) is 2.60. The lowest BCUT2D eigenvalue weighted by Crippen LogP contribution is -2.20. The molecule has 0 atom stereocenters. The van der Waals surface area contributed by atoms with E-state index in [0.717, 1.165) is 12.6 Å². The summed E-state index contributed by atoms with van der Waals surface area (Å²) < 4.78 is 31.1. The maximum absolute atomic E-state index is 13.2. The molecule has 2 aromatic carbocycles. The third kappa shape index (κ3) is 4.34. The lowest BCUT2D eigenvalue weighted by molar-refractivity contribution is 0.297. The van der Waals surface area contributed by atoms with Crippen LogP contribution in [0.5, 0.6) is 5.75 Å². The summed E-state index contributed by atoms with van der Waals surface area (Å²) in [6.07, 6.45) is 0. The Balaban J connectivity index is 1.69. The fourth-order valence-corrected chi connectivity index (χ4v) is 1.65. The number of hydrogen-bond acceptors (Lipinski definition) is 2. The van der Waals surface area contributed by atoms with Crippen LogP contribution < -0.4 is 10.1 Å². The molecule has 2 rings (SSSR count). The Hall–Kier alpha value is -1.94. The largest absolute Gasteiger partial charge is 0.489 e. The first kappa shape index (κ1) is 13.5. The van der Waals surface area contributed by atoms with Gasteiger partial charge in [0.15, 0.2) is 11.6 Å². The molecule has 1 N–H and O–H groups in total. The molecule has 0 unspecified atom stereocenters. The van der Waals surface area contributed by atoms with Crippen LogP contribution in [0.2, 0.25) is 0 Å². The van der Waals surface area contributed by atoms with Crippen molar-refractivity contribution in [2.75, 3.05) is 13.2 Å². The van der Waals surface area contributed by atoms with E-state index >= 15 is 0 Å². The summed E-state index contributed by atoms with van der Waals surface area (Å²) in [6, 6.07) is 13.2. The molecule has 0 aliphatic rings. The van der Waals surface area contributed by atoms with Gasteiger partial charge in [0.2, 0.25) is 0 Å². The molecule has 0 amide bonds. The topological polar surface area (TPSA) is 21.3 Å². The minimum Gasteiger partial charge on any atom is -0.489 e. The van der Waals surface area contributed by atoms with Crippen LogP contribution in [-0.4, -0.2) is 13.2 Å². The van der Waals surface area contributed by atoms with Crippen molar-refractivity contribution in [1.29, 1.82) is 0 Å². The van der Waals surface area contributed by atoms with Crippen molar-refractivity contribution in [3.05, 3.63) is 65.7 Å². The maximum Gasteiger partial charge on any atom is 0.167 e. The minimum absolute atomic E-state index is 0.0721. The van der Waals surface area contributed by atoms with Gasteiger partial charge in [-0.1, -0.05) is 30.3 Å². The highest BCUT2D eigenvalue weighted by molar-refractivity contribution is 5.24.